The first-order valence-corrected chi connectivity index (χ1v) is 5.89. The monoisotopic (exact) mass is 208 g/mol. The third-order valence-corrected chi connectivity index (χ3v) is 3.37. The van der Waals surface area contributed by atoms with Crippen molar-refractivity contribution in [3.8, 4) is 0 Å². The Balaban J connectivity index is 3.05. The SMILES string of the molecule is C/C=C/C(O)C1=C(C)CC(C)CC1(C)C. The molecule has 0 fully saturated rings. The van der Waals surface area contributed by atoms with Crippen molar-refractivity contribution in [2.45, 2.75) is 53.6 Å². The van der Waals surface area contributed by atoms with Gasteiger partial charge in [0.25, 0.3) is 0 Å². The van der Waals surface area contributed by atoms with E-state index in [-0.39, 0.29) is 5.41 Å². The summed E-state index contributed by atoms with van der Waals surface area (Å²) in [7, 11) is 0. The molecule has 0 bridgehead atoms. The molecule has 2 atom stereocenters. The molecule has 15 heavy (non-hydrogen) atoms. The largest absolute Gasteiger partial charge is 0.385 e. The summed E-state index contributed by atoms with van der Waals surface area (Å²) in [6, 6.07) is 0. The highest BCUT2D eigenvalue weighted by atomic mass is 16.3. The molecule has 0 aromatic carbocycles. The smallest absolute Gasteiger partial charge is 0.0939 e. The molecule has 0 radical (unpaired) electrons. The maximum absolute atomic E-state index is 10.1. The first kappa shape index (κ1) is 12.5. The third-order valence-electron chi connectivity index (χ3n) is 3.37. The maximum atomic E-state index is 10.1. The minimum absolute atomic E-state index is 0.140. The first-order valence-electron chi connectivity index (χ1n) is 5.89. The second kappa shape index (κ2) is 4.52. The Kier molecular flexibility index (Phi) is 3.77. The number of aliphatic hydroxyl groups excluding tert-OH is 1. The summed E-state index contributed by atoms with van der Waals surface area (Å²) in [5.41, 5.74) is 2.75. The third kappa shape index (κ3) is 2.72. The molecule has 2 unspecified atom stereocenters. The number of allylic oxidation sites excluding steroid dienone is 2. The molecule has 0 saturated heterocycles. The summed E-state index contributed by atoms with van der Waals surface area (Å²) in [5, 5.41) is 10.1. The quantitative estimate of drug-likeness (QED) is 0.686. The predicted octanol–water partition coefficient (Wildman–Crippen LogP) is 3.70. The Morgan fingerprint density at radius 1 is 1.47 bits per heavy atom. The fraction of sp³-hybridized carbons (Fsp3) is 0.714. The maximum Gasteiger partial charge on any atom is 0.0939 e. The van der Waals surface area contributed by atoms with Gasteiger partial charge in [-0.3, -0.25) is 0 Å². The molecule has 0 spiro atoms. The van der Waals surface area contributed by atoms with E-state index < -0.39 is 6.10 Å². The highest BCUT2D eigenvalue weighted by molar-refractivity contribution is 5.29. The van der Waals surface area contributed by atoms with E-state index in [1.54, 1.807) is 0 Å². The van der Waals surface area contributed by atoms with Crippen LogP contribution in [0.2, 0.25) is 0 Å². The lowest BCUT2D eigenvalue weighted by Crippen LogP contribution is -2.31. The van der Waals surface area contributed by atoms with Gasteiger partial charge < -0.3 is 5.11 Å². The van der Waals surface area contributed by atoms with E-state index in [2.05, 4.69) is 27.7 Å². The van der Waals surface area contributed by atoms with Gasteiger partial charge in [-0.1, -0.05) is 38.5 Å². The molecular weight excluding hydrogens is 184 g/mol. The van der Waals surface area contributed by atoms with Crippen LogP contribution in [-0.2, 0) is 0 Å². The lowest BCUT2D eigenvalue weighted by atomic mass is 9.67. The second-order valence-corrected chi connectivity index (χ2v) is 5.56. The van der Waals surface area contributed by atoms with Crippen LogP contribution in [0, 0.1) is 11.3 Å². The number of hydrogen-bond acceptors (Lipinski definition) is 1. The average Bonchev–Trinajstić information content (AvgIpc) is 1.99. The molecule has 0 saturated carbocycles. The summed E-state index contributed by atoms with van der Waals surface area (Å²) in [6.45, 7) is 10.9. The normalized spacial score (nSPS) is 28.5. The van der Waals surface area contributed by atoms with Gasteiger partial charge in [0.15, 0.2) is 0 Å². The van der Waals surface area contributed by atoms with E-state index in [4.69, 9.17) is 0 Å². The van der Waals surface area contributed by atoms with Gasteiger partial charge in [0.2, 0.25) is 0 Å². The first-order chi connectivity index (χ1) is 6.88. The Hall–Kier alpha value is -0.560. The molecule has 0 amide bonds. The summed E-state index contributed by atoms with van der Waals surface area (Å²) < 4.78 is 0. The number of aliphatic hydroxyl groups is 1. The lowest BCUT2D eigenvalue weighted by molar-refractivity contribution is 0.192. The van der Waals surface area contributed by atoms with E-state index >= 15 is 0 Å². The van der Waals surface area contributed by atoms with Gasteiger partial charge in [-0.05, 0) is 43.6 Å². The van der Waals surface area contributed by atoms with Crippen LogP contribution in [0.25, 0.3) is 0 Å². The molecule has 0 aliphatic heterocycles. The highest BCUT2D eigenvalue weighted by Crippen LogP contribution is 2.44. The van der Waals surface area contributed by atoms with Crippen LogP contribution in [0.15, 0.2) is 23.3 Å². The van der Waals surface area contributed by atoms with Gasteiger partial charge in [0.05, 0.1) is 6.10 Å². The standard InChI is InChI=1S/C14H24O/c1-6-7-12(15)13-11(3)8-10(2)9-14(13,4)5/h6-7,10,12,15H,8-9H2,1-5H3/b7-6+. The van der Waals surface area contributed by atoms with Crippen molar-refractivity contribution in [2.24, 2.45) is 11.3 Å². The van der Waals surface area contributed by atoms with E-state index in [0.29, 0.717) is 0 Å². The van der Waals surface area contributed by atoms with Crippen molar-refractivity contribution >= 4 is 0 Å². The average molecular weight is 208 g/mol. The summed E-state index contributed by atoms with van der Waals surface area (Å²) in [4.78, 5) is 0. The predicted molar refractivity (Wildman–Crippen MR) is 65.7 cm³/mol. The lowest BCUT2D eigenvalue weighted by Gasteiger charge is -2.39. The van der Waals surface area contributed by atoms with Crippen molar-refractivity contribution in [3.05, 3.63) is 23.3 Å². The topological polar surface area (TPSA) is 20.2 Å². The van der Waals surface area contributed by atoms with Crippen LogP contribution in [0.3, 0.4) is 0 Å². The number of hydrogen-bond donors (Lipinski definition) is 1. The molecule has 1 rings (SSSR count). The van der Waals surface area contributed by atoms with Crippen LogP contribution < -0.4 is 0 Å². The zero-order valence-corrected chi connectivity index (χ0v) is 10.7. The molecule has 1 nitrogen and oxygen atoms in total. The van der Waals surface area contributed by atoms with Crippen molar-refractivity contribution in [2.75, 3.05) is 0 Å². The molecule has 1 aliphatic carbocycles. The van der Waals surface area contributed by atoms with Gasteiger partial charge in [-0.2, -0.15) is 0 Å². The van der Waals surface area contributed by atoms with Crippen LogP contribution >= 0.6 is 0 Å². The van der Waals surface area contributed by atoms with Crippen molar-refractivity contribution < 1.29 is 5.11 Å². The second-order valence-electron chi connectivity index (χ2n) is 5.56. The van der Waals surface area contributed by atoms with Gasteiger partial charge in [-0.15, -0.1) is 0 Å². The molecule has 0 heterocycles. The fourth-order valence-electron chi connectivity index (χ4n) is 3.19. The van der Waals surface area contributed by atoms with Gasteiger partial charge in [0, 0.05) is 0 Å². The fourth-order valence-corrected chi connectivity index (χ4v) is 3.19. The summed E-state index contributed by atoms with van der Waals surface area (Å²) >= 11 is 0. The van der Waals surface area contributed by atoms with Gasteiger partial charge in [-0.25, -0.2) is 0 Å². The highest BCUT2D eigenvalue weighted by Gasteiger charge is 2.34. The minimum Gasteiger partial charge on any atom is -0.385 e. The Morgan fingerprint density at radius 3 is 2.53 bits per heavy atom. The van der Waals surface area contributed by atoms with Crippen molar-refractivity contribution in [1.82, 2.24) is 0 Å². The van der Waals surface area contributed by atoms with Crippen LogP contribution in [0.1, 0.15) is 47.5 Å². The zero-order chi connectivity index (χ0) is 11.6. The molecule has 1 aliphatic rings. The molecule has 1 N–H and O–H groups in total. The van der Waals surface area contributed by atoms with E-state index in [9.17, 15) is 5.11 Å². The van der Waals surface area contributed by atoms with E-state index in [1.165, 1.54) is 17.6 Å². The van der Waals surface area contributed by atoms with Gasteiger partial charge in [0.1, 0.15) is 0 Å². The molecule has 0 aromatic heterocycles. The van der Waals surface area contributed by atoms with Gasteiger partial charge >= 0.3 is 0 Å². The Labute approximate surface area is 93.9 Å². The number of rotatable bonds is 2. The van der Waals surface area contributed by atoms with Crippen LogP contribution in [0.5, 0.6) is 0 Å². The molecule has 86 valence electrons. The minimum atomic E-state index is -0.391. The Morgan fingerprint density at radius 2 is 2.07 bits per heavy atom. The van der Waals surface area contributed by atoms with E-state index in [1.807, 2.05) is 19.1 Å². The summed E-state index contributed by atoms with van der Waals surface area (Å²) in [6.07, 6.45) is 5.73. The van der Waals surface area contributed by atoms with Crippen LogP contribution in [0.4, 0.5) is 0 Å². The van der Waals surface area contributed by atoms with Crippen LogP contribution in [-0.4, -0.2) is 11.2 Å². The van der Waals surface area contributed by atoms with Crippen molar-refractivity contribution in [3.63, 3.8) is 0 Å². The molecular formula is C14H24O. The van der Waals surface area contributed by atoms with Crippen molar-refractivity contribution in [1.29, 1.82) is 0 Å². The zero-order valence-electron chi connectivity index (χ0n) is 10.7. The van der Waals surface area contributed by atoms with E-state index in [0.717, 1.165) is 12.3 Å². The Bertz CT molecular complexity index is 284. The molecule has 0 aromatic rings. The molecule has 1 heteroatoms. The summed E-state index contributed by atoms with van der Waals surface area (Å²) in [5.74, 6) is 0.738.